The Kier molecular flexibility index (Phi) is 6.22. The minimum Gasteiger partial charge on any atom is -0.395 e. The summed E-state index contributed by atoms with van der Waals surface area (Å²) in [6, 6.07) is 0.388. The Morgan fingerprint density at radius 1 is 1.40 bits per heavy atom. The van der Waals surface area contributed by atoms with Gasteiger partial charge in [0.15, 0.2) is 0 Å². The fourth-order valence-electron chi connectivity index (χ4n) is 2.00. The monoisotopic (exact) mass is 215 g/mol. The van der Waals surface area contributed by atoms with E-state index in [0.29, 0.717) is 12.6 Å². The Labute approximate surface area is 93.4 Å². The largest absolute Gasteiger partial charge is 0.395 e. The second-order valence-electron chi connectivity index (χ2n) is 4.81. The molecule has 0 amide bonds. The molecule has 1 heterocycles. The molecule has 1 fully saturated rings. The van der Waals surface area contributed by atoms with Crippen molar-refractivity contribution in [1.82, 2.24) is 4.90 Å². The lowest BCUT2D eigenvalue weighted by Gasteiger charge is -2.22. The van der Waals surface area contributed by atoms with Gasteiger partial charge in [0.05, 0.1) is 13.2 Å². The van der Waals surface area contributed by atoms with Gasteiger partial charge in [-0.15, -0.1) is 0 Å². The minimum atomic E-state index is 0.298. The summed E-state index contributed by atoms with van der Waals surface area (Å²) in [5.74, 6) is 0.724. The van der Waals surface area contributed by atoms with E-state index in [9.17, 15) is 0 Å². The lowest BCUT2D eigenvalue weighted by atomic mass is 10.1. The Hall–Kier alpha value is -0.120. The van der Waals surface area contributed by atoms with Crippen molar-refractivity contribution in [3.05, 3.63) is 0 Å². The van der Waals surface area contributed by atoms with Gasteiger partial charge in [-0.05, 0) is 31.7 Å². The van der Waals surface area contributed by atoms with E-state index in [2.05, 4.69) is 18.7 Å². The van der Waals surface area contributed by atoms with Crippen molar-refractivity contribution >= 4 is 0 Å². The highest BCUT2D eigenvalue weighted by Crippen LogP contribution is 2.15. The fraction of sp³-hybridized carbons (Fsp3) is 1.00. The molecule has 1 unspecified atom stereocenters. The van der Waals surface area contributed by atoms with Crippen molar-refractivity contribution in [3.8, 4) is 0 Å². The maximum Gasteiger partial charge on any atom is 0.0593 e. The maximum atomic E-state index is 9.13. The van der Waals surface area contributed by atoms with Crippen LogP contribution >= 0.6 is 0 Å². The SMILES string of the molecule is CC(C)CCOCCN1CCCC1CO. The normalized spacial score (nSPS) is 22.8. The van der Waals surface area contributed by atoms with Crippen LogP contribution < -0.4 is 0 Å². The quantitative estimate of drug-likeness (QED) is 0.653. The van der Waals surface area contributed by atoms with Crippen LogP contribution in [0.2, 0.25) is 0 Å². The average Bonchev–Trinajstić information content (AvgIpc) is 2.64. The second kappa shape index (κ2) is 7.20. The van der Waals surface area contributed by atoms with Crippen LogP contribution in [0.25, 0.3) is 0 Å². The standard InChI is InChI=1S/C12H25NO2/c1-11(2)5-8-15-9-7-13-6-3-4-12(13)10-14/h11-12,14H,3-10H2,1-2H3. The molecule has 0 bridgehead atoms. The zero-order chi connectivity index (χ0) is 11.1. The van der Waals surface area contributed by atoms with Gasteiger partial charge >= 0.3 is 0 Å². The first-order valence-corrected chi connectivity index (χ1v) is 6.16. The van der Waals surface area contributed by atoms with Crippen LogP contribution in [0.4, 0.5) is 0 Å². The topological polar surface area (TPSA) is 32.7 Å². The van der Waals surface area contributed by atoms with Crippen LogP contribution in [0.3, 0.4) is 0 Å². The van der Waals surface area contributed by atoms with Crippen LogP contribution in [0.15, 0.2) is 0 Å². The van der Waals surface area contributed by atoms with Gasteiger partial charge in [0, 0.05) is 19.2 Å². The number of hydrogen-bond donors (Lipinski definition) is 1. The highest BCUT2D eigenvalue weighted by molar-refractivity contribution is 4.77. The van der Waals surface area contributed by atoms with Crippen molar-refractivity contribution in [3.63, 3.8) is 0 Å². The smallest absolute Gasteiger partial charge is 0.0593 e. The minimum absolute atomic E-state index is 0.298. The number of likely N-dealkylation sites (tertiary alicyclic amines) is 1. The molecule has 0 aromatic rings. The van der Waals surface area contributed by atoms with E-state index in [-0.39, 0.29) is 0 Å². The molecular weight excluding hydrogens is 190 g/mol. The molecule has 0 radical (unpaired) electrons. The summed E-state index contributed by atoms with van der Waals surface area (Å²) in [4.78, 5) is 2.34. The van der Waals surface area contributed by atoms with Gasteiger partial charge in [0.25, 0.3) is 0 Å². The van der Waals surface area contributed by atoms with Gasteiger partial charge in [-0.25, -0.2) is 0 Å². The third kappa shape index (κ3) is 4.96. The van der Waals surface area contributed by atoms with E-state index in [1.807, 2.05) is 0 Å². The van der Waals surface area contributed by atoms with E-state index in [1.54, 1.807) is 0 Å². The Balaban J connectivity index is 1.99. The molecule has 1 saturated heterocycles. The van der Waals surface area contributed by atoms with Crippen LogP contribution in [-0.2, 0) is 4.74 Å². The molecular formula is C12H25NO2. The molecule has 1 N–H and O–H groups in total. The number of aliphatic hydroxyl groups excluding tert-OH is 1. The summed E-state index contributed by atoms with van der Waals surface area (Å²) in [6.45, 7) is 8.50. The van der Waals surface area contributed by atoms with Crippen molar-refractivity contribution in [2.24, 2.45) is 5.92 Å². The highest BCUT2D eigenvalue weighted by Gasteiger charge is 2.22. The van der Waals surface area contributed by atoms with Crippen molar-refractivity contribution in [2.45, 2.75) is 39.2 Å². The highest BCUT2D eigenvalue weighted by atomic mass is 16.5. The summed E-state index contributed by atoms with van der Waals surface area (Å²) in [6.07, 6.45) is 3.50. The summed E-state index contributed by atoms with van der Waals surface area (Å²) in [5.41, 5.74) is 0. The molecule has 0 spiro atoms. The number of hydrogen-bond acceptors (Lipinski definition) is 3. The van der Waals surface area contributed by atoms with Gasteiger partial charge < -0.3 is 9.84 Å². The first-order chi connectivity index (χ1) is 7.24. The summed E-state index contributed by atoms with van der Waals surface area (Å²) < 4.78 is 5.58. The van der Waals surface area contributed by atoms with Gasteiger partial charge in [-0.1, -0.05) is 13.8 Å². The van der Waals surface area contributed by atoms with E-state index in [1.165, 1.54) is 6.42 Å². The third-order valence-corrected chi connectivity index (χ3v) is 3.07. The summed E-state index contributed by atoms with van der Waals surface area (Å²) in [5, 5.41) is 9.13. The molecule has 1 atom stereocenters. The van der Waals surface area contributed by atoms with Crippen LogP contribution in [0.5, 0.6) is 0 Å². The molecule has 0 aromatic carbocycles. The molecule has 0 aromatic heterocycles. The molecule has 1 aliphatic rings. The van der Waals surface area contributed by atoms with Crippen molar-refractivity contribution < 1.29 is 9.84 Å². The average molecular weight is 215 g/mol. The molecule has 15 heavy (non-hydrogen) atoms. The molecule has 1 rings (SSSR count). The molecule has 3 nitrogen and oxygen atoms in total. The zero-order valence-electron chi connectivity index (χ0n) is 10.1. The van der Waals surface area contributed by atoms with E-state index in [0.717, 1.165) is 45.1 Å². The van der Waals surface area contributed by atoms with E-state index in [4.69, 9.17) is 9.84 Å². The Bertz CT molecular complexity index is 162. The van der Waals surface area contributed by atoms with Gasteiger partial charge in [-0.2, -0.15) is 0 Å². The van der Waals surface area contributed by atoms with Gasteiger partial charge in [0.2, 0.25) is 0 Å². The third-order valence-electron chi connectivity index (χ3n) is 3.07. The maximum absolute atomic E-state index is 9.13. The number of ether oxygens (including phenoxy) is 1. The first kappa shape index (κ1) is 12.9. The number of nitrogens with zero attached hydrogens (tertiary/aromatic N) is 1. The summed E-state index contributed by atoms with van der Waals surface area (Å²) >= 11 is 0. The van der Waals surface area contributed by atoms with Gasteiger partial charge in [-0.3, -0.25) is 4.90 Å². The lowest BCUT2D eigenvalue weighted by molar-refractivity contribution is 0.0800. The number of rotatable bonds is 7. The zero-order valence-corrected chi connectivity index (χ0v) is 10.1. The van der Waals surface area contributed by atoms with E-state index < -0.39 is 0 Å². The van der Waals surface area contributed by atoms with Crippen molar-refractivity contribution in [1.29, 1.82) is 0 Å². The van der Waals surface area contributed by atoms with Crippen LogP contribution in [0.1, 0.15) is 33.1 Å². The van der Waals surface area contributed by atoms with E-state index >= 15 is 0 Å². The van der Waals surface area contributed by atoms with Gasteiger partial charge in [0.1, 0.15) is 0 Å². The Morgan fingerprint density at radius 2 is 2.20 bits per heavy atom. The second-order valence-corrected chi connectivity index (χ2v) is 4.81. The predicted molar refractivity (Wildman–Crippen MR) is 62.0 cm³/mol. The number of aliphatic hydroxyl groups is 1. The van der Waals surface area contributed by atoms with Crippen LogP contribution in [-0.4, -0.2) is 49.0 Å². The molecule has 0 saturated carbocycles. The van der Waals surface area contributed by atoms with Crippen LogP contribution in [0, 0.1) is 5.92 Å². The Morgan fingerprint density at radius 3 is 2.87 bits per heavy atom. The summed E-state index contributed by atoms with van der Waals surface area (Å²) in [7, 11) is 0. The fourth-order valence-corrected chi connectivity index (χ4v) is 2.00. The molecule has 90 valence electrons. The lowest BCUT2D eigenvalue weighted by Crippen LogP contribution is -2.34. The van der Waals surface area contributed by atoms with Crippen molar-refractivity contribution in [2.75, 3.05) is 32.9 Å². The molecule has 0 aliphatic carbocycles. The molecule has 3 heteroatoms. The first-order valence-electron chi connectivity index (χ1n) is 6.16. The molecule has 1 aliphatic heterocycles. The predicted octanol–water partition coefficient (Wildman–Crippen LogP) is 1.51.